The van der Waals surface area contributed by atoms with Gasteiger partial charge >= 0.3 is 0 Å². The number of nitrogens with one attached hydrogen (secondary N) is 1. The maximum atomic E-state index is 13.0. The Labute approximate surface area is 156 Å². The highest BCUT2D eigenvalue weighted by Gasteiger charge is 2.27. The molecule has 1 aliphatic heterocycles. The largest absolute Gasteiger partial charge is 0.489 e. The van der Waals surface area contributed by atoms with Gasteiger partial charge in [-0.05, 0) is 31.4 Å². The Bertz CT molecular complexity index is 768. The van der Waals surface area contributed by atoms with Crippen LogP contribution in [0.2, 0.25) is 0 Å². The van der Waals surface area contributed by atoms with Crippen LogP contribution in [0.1, 0.15) is 57.4 Å². The Kier molecular flexibility index (Phi) is 5.87. The number of carbonyl (C=O) groups excluding carboxylic acids is 1. The second kappa shape index (κ2) is 7.96. The van der Waals surface area contributed by atoms with Gasteiger partial charge in [0.15, 0.2) is 0 Å². The van der Waals surface area contributed by atoms with Crippen LogP contribution in [-0.4, -0.2) is 33.5 Å². The minimum atomic E-state index is -3.62. The summed E-state index contributed by atoms with van der Waals surface area (Å²) in [6.07, 6.45) is 7.48. The van der Waals surface area contributed by atoms with Gasteiger partial charge in [0, 0.05) is 19.0 Å². The van der Waals surface area contributed by atoms with Gasteiger partial charge in [0.1, 0.15) is 12.4 Å². The summed E-state index contributed by atoms with van der Waals surface area (Å²) < 4.78 is 34.5. The Balaban J connectivity index is 1.86. The Morgan fingerprint density at radius 2 is 1.81 bits per heavy atom. The van der Waals surface area contributed by atoms with E-state index in [1.807, 2.05) is 0 Å². The molecule has 0 bridgehead atoms. The van der Waals surface area contributed by atoms with E-state index >= 15 is 0 Å². The van der Waals surface area contributed by atoms with Crippen LogP contribution < -0.4 is 14.4 Å². The van der Waals surface area contributed by atoms with Crippen molar-refractivity contribution in [3.63, 3.8) is 0 Å². The number of amides is 1. The summed E-state index contributed by atoms with van der Waals surface area (Å²) in [7, 11) is -3.62. The number of hydrogen-bond acceptors (Lipinski definition) is 4. The molecule has 0 atom stereocenters. The average Bonchev–Trinajstić information content (AvgIpc) is 2.55. The number of aryl methyl sites for hydroxylation is 1. The Morgan fingerprint density at radius 3 is 2.46 bits per heavy atom. The molecule has 144 valence electrons. The third-order valence-electron chi connectivity index (χ3n) is 5.22. The summed E-state index contributed by atoms with van der Waals surface area (Å²) in [5.41, 5.74) is 1.27. The minimum absolute atomic E-state index is 0.00892. The molecule has 7 heteroatoms. The molecule has 1 aromatic carbocycles. The standard InChI is InChI=1S/C19H28N2O4S/c1-14-12-17-18(25-11-10-21(17)15(2)22)13-19(14)26(23,24)20-16-8-6-4-3-5-7-9-16/h12-13,16,20H,3-11H2,1-2H3. The predicted molar refractivity (Wildman–Crippen MR) is 101 cm³/mol. The number of anilines is 1. The van der Waals surface area contributed by atoms with Crippen molar-refractivity contribution in [2.45, 2.75) is 69.7 Å². The van der Waals surface area contributed by atoms with E-state index in [9.17, 15) is 13.2 Å². The number of sulfonamides is 1. The molecule has 2 aliphatic rings. The highest BCUT2D eigenvalue weighted by atomic mass is 32.2. The van der Waals surface area contributed by atoms with Gasteiger partial charge < -0.3 is 9.64 Å². The normalized spacial score (nSPS) is 19.2. The zero-order valence-corrected chi connectivity index (χ0v) is 16.4. The summed E-state index contributed by atoms with van der Waals surface area (Å²) in [4.78, 5) is 13.7. The van der Waals surface area contributed by atoms with Crippen LogP contribution in [0.5, 0.6) is 5.75 Å². The molecule has 26 heavy (non-hydrogen) atoms. The molecular weight excluding hydrogens is 352 g/mol. The van der Waals surface area contributed by atoms with Crippen molar-refractivity contribution >= 4 is 21.6 Å². The third-order valence-corrected chi connectivity index (χ3v) is 6.88. The fourth-order valence-electron chi connectivity index (χ4n) is 3.82. The lowest BCUT2D eigenvalue weighted by Crippen LogP contribution is -2.37. The van der Waals surface area contributed by atoms with Crippen LogP contribution in [0.4, 0.5) is 5.69 Å². The molecule has 1 amide bonds. The zero-order chi connectivity index (χ0) is 18.7. The second-order valence-electron chi connectivity index (χ2n) is 7.27. The number of hydrogen-bond donors (Lipinski definition) is 1. The minimum Gasteiger partial charge on any atom is -0.489 e. The molecule has 1 heterocycles. The SMILES string of the molecule is CC(=O)N1CCOc2cc(S(=O)(=O)NC3CCCCCCC3)c(C)cc21. The van der Waals surface area contributed by atoms with Crippen LogP contribution in [0.15, 0.2) is 17.0 Å². The molecule has 0 unspecified atom stereocenters. The summed E-state index contributed by atoms with van der Waals surface area (Å²) in [6, 6.07) is 3.29. The molecule has 1 fully saturated rings. The van der Waals surface area contributed by atoms with Crippen LogP contribution in [-0.2, 0) is 14.8 Å². The molecule has 0 aromatic heterocycles. The van der Waals surface area contributed by atoms with Gasteiger partial charge in [-0.2, -0.15) is 0 Å². The number of carbonyl (C=O) groups is 1. The van der Waals surface area contributed by atoms with Crippen molar-refractivity contribution in [2.75, 3.05) is 18.1 Å². The number of ether oxygens (including phenoxy) is 1. The molecule has 0 spiro atoms. The number of benzene rings is 1. The van der Waals surface area contributed by atoms with E-state index < -0.39 is 10.0 Å². The second-order valence-corrected chi connectivity index (χ2v) is 8.95. The molecule has 3 rings (SSSR count). The molecule has 0 radical (unpaired) electrons. The van der Waals surface area contributed by atoms with Gasteiger partial charge in [0.05, 0.1) is 17.1 Å². The van der Waals surface area contributed by atoms with Gasteiger partial charge in [0.25, 0.3) is 0 Å². The molecule has 6 nitrogen and oxygen atoms in total. The smallest absolute Gasteiger partial charge is 0.241 e. The summed E-state index contributed by atoms with van der Waals surface area (Å²) in [6.45, 7) is 4.12. The van der Waals surface area contributed by atoms with Crippen molar-refractivity contribution in [3.05, 3.63) is 17.7 Å². The lowest BCUT2D eigenvalue weighted by molar-refractivity contribution is -0.116. The van der Waals surface area contributed by atoms with Crippen LogP contribution in [0.3, 0.4) is 0 Å². The summed E-state index contributed by atoms with van der Waals surface area (Å²) >= 11 is 0. The van der Waals surface area contributed by atoms with Crippen molar-refractivity contribution in [2.24, 2.45) is 0 Å². The molecule has 0 saturated heterocycles. The first-order valence-electron chi connectivity index (χ1n) is 9.46. The van der Waals surface area contributed by atoms with Crippen LogP contribution in [0.25, 0.3) is 0 Å². The lowest BCUT2D eigenvalue weighted by Gasteiger charge is -2.30. The van der Waals surface area contributed by atoms with Crippen LogP contribution >= 0.6 is 0 Å². The molecule has 1 saturated carbocycles. The summed E-state index contributed by atoms with van der Waals surface area (Å²) in [5.74, 6) is 0.382. The maximum absolute atomic E-state index is 13.0. The topological polar surface area (TPSA) is 75.7 Å². The number of fused-ring (bicyclic) bond motifs is 1. The van der Waals surface area contributed by atoms with E-state index in [0.717, 1.165) is 25.7 Å². The highest BCUT2D eigenvalue weighted by Crippen LogP contribution is 2.36. The lowest BCUT2D eigenvalue weighted by atomic mass is 9.97. The summed E-state index contributed by atoms with van der Waals surface area (Å²) in [5, 5.41) is 0. The van der Waals surface area contributed by atoms with E-state index in [-0.39, 0.29) is 16.8 Å². The first kappa shape index (κ1) is 19.2. The van der Waals surface area contributed by atoms with Crippen molar-refractivity contribution < 1.29 is 17.9 Å². The molecular formula is C19H28N2O4S. The maximum Gasteiger partial charge on any atom is 0.241 e. The monoisotopic (exact) mass is 380 g/mol. The van der Waals surface area contributed by atoms with Gasteiger partial charge in [-0.25, -0.2) is 13.1 Å². The van der Waals surface area contributed by atoms with Gasteiger partial charge in [-0.1, -0.05) is 32.1 Å². The van der Waals surface area contributed by atoms with Crippen molar-refractivity contribution in [3.8, 4) is 5.75 Å². The number of rotatable bonds is 3. The molecule has 1 N–H and O–H groups in total. The van der Waals surface area contributed by atoms with Gasteiger partial charge in [-0.3, -0.25) is 4.79 Å². The van der Waals surface area contributed by atoms with E-state index in [0.29, 0.717) is 30.2 Å². The fraction of sp³-hybridized carbons (Fsp3) is 0.632. The average molecular weight is 381 g/mol. The Morgan fingerprint density at radius 1 is 1.15 bits per heavy atom. The van der Waals surface area contributed by atoms with Crippen molar-refractivity contribution in [1.82, 2.24) is 4.72 Å². The molecule has 1 aromatic rings. The van der Waals surface area contributed by atoms with E-state index in [2.05, 4.69) is 4.72 Å². The Hall–Kier alpha value is -1.60. The van der Waals surface area contributed by atoms with Gasteiger partial charge in [-0.15, -0.1) is 0 Å². The number of nitrogens with zero attached hydrogens (tertiary/aromatic N) is 1. The van der Waals surface area contributed by atoms with E-state index in [4.69, 9.17) is 4.74 Å². The van der Waals surface area contributed by atoms with Crippen LogP contribution in [0, 0.1) is 6.92 Å². The first-order chi connectivity index (χ1) is 12.4. The van der Waals surface area contributed by atoms with E-state index in [1.54, 1.807) is 24.0 Å². The van der Waals surface area contributed by atoms with Crippen molar-refractivity contribution in [1.29, 1.82) is 0 Å². The van der Waals surface area contributed by atoms with Gasteiger partial charge in [0.2, 0.25) is 15.9 Å². The third kappa shape index (κ3) is 4.20. The molecule has 1 aliphatic carbocycles. The van der Waals surface area contributed by atoms with E-state index in [1.165, 1.54) is 26.2 Å². The quantitative estimate of drug-likeness (QED) is 0.874. The highest BCUT2D eigenvalue weighted by molar-refractivity contribution is 7.89. The zero-order valence-electron chi connectivity index (χ0n) is 15.6. The first-order valence-corrected chi connectivity index (χ1v) is 10.9. The predicted octanol–water partition coefficient (Wildman–Crippen LogP) is 3.13. The fourth-order valence-corrected chi connectivity index (χ4v) is 5.37.